The summed E-state index contributed by atoms with van der Waals surface area (Å²) in [7, 11) is 1.74. The average molecular weight is 330 g/mol. The molecule has 0 saturated carbocycles. The molecule has 1 aromatic heterocycles. The van der Waals surface area contributed by atoms with Gasteiger partial charge in [0.2, 0.25) is 0 Å². The molecule has 1 rings (SSSR count). The number of rotatable bonds is 8. The first-order valence-corrected chi connectivity index (χ1v) is 7.17. The van der Waals surface area contributed by atoms with Gasteiger partial charge in [-0.15, -0.1) is 0 Å². The lowest BCUT2D eigenvalue weighted by Gasteiger charge is -2.09. The second-order valence-electron chi connectivity index (χ2n) is 4.02. The predicted molar refractivity (Wildman–Crippen MR) is 79.5 cm³/mol. The molecule has 106 valence electrons. The molecule has 6 heteroatoms. The second kappa shape index (κ2) is 8.87. The van der Waals surface area contributed by atoms with Gasteiger partial charge >= 0.3 is 0 Å². The highest BCUT2D eigenvalue weighted by molar-refractivity contribution is 9.10. The van der Waals surface area contributed by atoms with Gasteiger partial charge in [0, 0.05) is 30.9 Å². The van der Waals surface area contributed by atoms with Crippen molar-refractivity contribution in [1.29, 1.82) is 0 Å². The summed E-state index contributed by atoms with van der Waals surface area (Å²) < 4.78 is 6.16. The molecular weight excluding hydrogens is 310 g/mol. The minimum Gasteiger partial charge on any atom is -0.380 e. The van der Waals surface area contributed by atoms with Crippen LogP contribution in [0, 0.1) is 0 Å². The molecule has 0 aliphatic heterocycles. The third kappa shape index (κ3) is 5.57. The second-order valence-corrected chi connectivity index (χ2v) is 4.94. The standard InChI is InChI=1S/C13H20BrN3O2/c1-3-4-6-19-7-5-16-13(18)11-8-10(14)9-17-12(11)15-2/h8-9H,3-7H2,1-2H3,(H,15,17)(H,16,18). The van der Waals surface area contributed by atoms with E-state index in [1.54, 1.807) is 19.3 Å². The third-order valence-corrected chi connectivity index (χ3v) is 2.94. The van der Waals surface area contributed by atoms with Gasteiger partial charge in [-0.3, -0.25) is 4.79 Å². The highest BCUT2D eigenvalue weighted by atomic mass is 79.9. The molecule has 0 saturated heterocycles. The first kappa shape index (κ1) is 15.9. The molecule has 0 atom stereocenters. The molecular formula is C13H20BrN3O2. The van der Waals surface area contributed by atoms with E-state index in [4.69, 9.17) is 4.74 Å². The van der Waals surface area contributed by atoms with Crippen molar-refractivity contribution in [1.82, 2.24) is 10.3 Å². The Morgan fingerprint density at radius 1 is 1.47 bits per heavy atom. The van der Waals surface area contributed by atoms with Crippen molar-refractivity contribution >= 4 is 27.7 Å². The van der Waals surface area contributed by atoms with Crippen LogP contribution in [0.1, 0.15) is 30.1 Å². The Bertz CT molecular complexity index is 413. The number of aromatic nitrogens is 1. The molecule has 1 heterocycles. The highest BCUT2D eigenvalue weighted by Gasteiger charge is 2.11. The first-order valence-electron chi connectivity index (χ1n) is 6.38. The summed E-state index contributed by atoms with van der Waals surface area (Å²) in [5.74, 6) is 0.407. The lowest BCUT2D eigenvalue weighted by molar-refractivity contribution is 0.0913. The monoisotopic (exact) mass is 329 g/mol. The average Bonchev–Trinajstić information content (AvgIpc) is 2.42. The molecule has 0 radical (unpaired) electrons. The maximum Gasteiger partial charge on any atom is 0.255 e. The third-order valence-electron chi connectivity index (χ3n) is 2.51. The molecule has 0 aliphatic rings. The SMILES string of the molecule is CCCCOCCNC(=O)c1cc(Br)cnc1NC. The van der Waals surface area contributed by atoms with Gasteiger partial charge in [-0.25, -0.2) is 4.98 Å². The normalized spacial score (nSPS) is 10.3. The molecule has 0 fully saturated rings. The molecule has 0 aliphatic carbocycles. The number of anilines is 1. The van der Waals surface area contributed by atoms with E-state index in [1.807, 2.05) is 0 Å². The zero-order valence-corrected chi connectivity index (χ0v) is 12.9. The van der Waals surface area contributed by atoms with Crippen molar-refractivity contribution < 1.29 is 9.53 Å². The summed E-state index contributed by atoms with van der Waals surface area (Å²) in [4.78, 5) is 16.1. The molecule has 19 heavy (non-hydrogen) atoms. The van der Waals surface area contributed by atoms with E-state index in [2.05, 4.69) is 38.5 Å². The van der Waals surface area contributed by atoms with Gasteiger partial charge in [0.25, 0.3) is 5.91 Å². The number of nitrogens with zero attached hydrogens (tertiary/aromatic N) is 1. The number of ether oxygens (including phenoxy) is 1. The first-order chi connectivity index (χ1) is 9.19. The molecule has 1 amide bonds. The van der Waals surface area contributed by atoms with Gasteiger partial charge in [-0.2, -0.15) is 0 Å². The predicted octanol–water partition coefficient (Wildman–Crippen LogP) is 2.43. The Morgan fingerprint density at radius 2 is 2.26 bits per heavy atom. The summed E-state index contributed by atoms with van der Waals surface area (Å²) in [5, 5.41) is 5.71. The van der Waals surface area contributed by atoms with E-state index < -0.39 is 0 Å². The summed E-state index contributed by atoms with van der Waals surface area (Å²) in [5.41, 5.74) is 0.519. The van der Waals surface area contributed by atoms with Crippen LogP contribution in [0.25, 0.3) is 0 Å². The molecule has 0 bridgehead atoms. The van der Waals surface area contributed by atoms with Crippen molar-refractivity contribution in [3.05, 3.63) is 22.3 Å². The Balaban J connectivity index is 2.43. The van der Waals surface area contributed by atoms with Crippen LogP contribution in [-0.2, 0) is 4.74 Å². The summed E-state index contributed by atoms with van der Waals surface area (Å²) in [6, 6.07) is 1.74. The number of hydrogen-bond donors (Lipinski definition) is 2. The quantitative estimate of drug-likeness (QED) is 0.719. The van der Waals surface area contributed by atoms with Crippen LogP contribution in [-0.4, -0.2) is 37.7 Å². The maximum absolute atomic E-state index is 12.0. The van der Waals surface area contributed by atoms with Crippen LogP contribution in [0.3, 0.4) is 0 Å². The van der Waals surface area contributed by atoms with Crippen LogP contribution < -0.4 is 10.6 Å². The summed E-state index contributed by atoms with van der Waals surface area (Å²) in [6.45, 7) is 3.89. The molecule has 0 aromatic carbocycles. The van der Waals surface area contributed by atoms with Crippen molar-refractivity contribution in [3.8, 4) is 0 Å². The van der Waals surface area contributed by atoms with Crippen LogP contribution in [0.4, 0.5) is 5.82 Å². The Hall–Kier alpha value is -1.14. The van der Waals surface area contributed by atoms with Crippen LogP contribution in [0.2, 0.25) is 0 Å². The number of halogens is 1. The largest absolute Gasteiger partial charge is 0.380 e. The van der Waals surface area contributed by atoms with Gasteiger partial charge in [-0.05, 0) is 28.4 Å². The lowest BCUT2D eigenvalue weighted by atomic mass is 10.2. The number of amides is 1. The van der Waals surface area contributed by atoms with E-state index in [9.17, 15) is 4.79 Å². The van der Waals surface area contributed by atoms with Crippen molar-refractivity contribution in [2.24, 2.45) is 0 Å². The van der Waals surface area contributed by atoms with E-state index in [0.717, 1.165) is 23.9 Å². The minimum absolute atomic E-state index is 0.155. The number of nitrogens with one attached hydrogen (secondary N) is 2. The molecule has 5 nitrogen and oxygen atoms in total. The van der Waals surface area contributed by atoms with E-state index in [-0.39, 0.29) is 5.91 Å². The Labute approximate surface area is 122 Å². The molecule has 0 spiro atoms. The van der Waals surface area contributed by atoms with Gasteiger partial charge in [0.1, 0.15) is 5.82 Å². The number of unbranched alkanes of at least 4 members (excludes halogenated alkanes) is 1. The summed E-state index contributed by atoms with van der Waals surface area (Å²) >= 11 is 3.31. The minimum atomic E-state index is -0.155. The van der Waals surface area contributed by atoms with Gasteiger partial charge in [-0.1, -0.05) is 13.3 Å². The molecule has 1 aromatic rings. The fourth-order valence-electron chi connectivity index (χ4n) is 1.49. The highest BCUT2D eigenvalue weighted by Crippen LogP contribution is 2.17. The van der Waals surface area contributed by atoms with Crippen LogP contribution >= 0.6 is 15.9 Å². The van der Waals surface area contributed by atoms with Crippen LogP contribution in [0.5, 0.6) is 0 Å². The Morgan fingerprint density at radius 3 is 2.95 bits per heavy atom. The molecule has 2 N–H and O–H groups in total. The van der Waals surface area contributed by atoms with Crippen molar-refractivity contribution in [3.63, 3.8) is 0 Å². The van der Waals surface area contributed by atoms with Gasteiger partial charge < -0.3 is 15.4 Å². The van der Waals surface area contributed by atoms with Crippen LogP contribution in [0.15, 0.2) is 16.7 Å². The zero-order valence-electron chi connectivity index (χ0n) is 11.3. The maximum atomic E-state index is 12.0. The topological polar surface area (TPSA) is 63.2 Å². The van der Waals surface area contributed by atoms with Gasteiger partial charge in [0.05, 0.1) is 12.2 Å². The van der Waals surface area contributed by atoms with E-state index in [1.165, 1.54) is 0 Å². The number of carbonyl (C=O) groups excluding carboxylic acids is 1. The number of carbonyl (C=O) groups is 1. The van der Waals surface area contributed by atoms with Gasteiger partial charge in [0.15, 0.2) is 0 Å². The fraction of sp³-hybridized carbons (Fsp3) is 0.538. The smallest absolute Gasteiger partial charge is 0.255 e. The number of pyridine rings is 1. The molecule has 0 unspecified atom stereocenters. The lowest BCUT2D eigenvalue weighted by Crippen LogP contribution is -2.28. The van der Waals surface area contributed by atoms with Crippen molar-refractivity contribution in [2.75, 3.05) is 32.1 Å². The van der Waals surface area contributed by atoms with E-state index >= 15 is 0 Å². The van der Waals surface area contributed by atoms with E-state index in [0.29, 0.717) is 24.5 Å². The summed E-state index contributed by atoms with van der Waals surface area (Å²) in [6.07, 6.45) is 3.81. The number of hydrogen-bond acceptors (Lipinski definition) is 4. The zero-order chi connectivity index (χ0) is 14.1. The van der Waals surface area contributed by atoms with Crippen molar-refractivity contribution in [2.45, 2.75) is 19.8 Å². The fourth-order valence-corrected chi connectivity index (χ4v) is 1.82. The Kier molecular flexibility index (Phi) is 7.43.